The lowest BCUT2D eigenvalue weighted by Crippen LogP contribution is -2.45. The van der Waals surface area contributed by atoms with Crippen molar-refractivity contribution in [3.05, 3.63) is 60.8 Å². The number of ether oxygens (including phenoxy) is 1. The molecular formula is C60H109NO5. The molecule has 2 atom stereocenters. The largest absolute Gasteiger partial charge is 0.466 e. The van der Waals surface area contributed by atoms with Gasteiger partial charge in [0, 0.05) is 12.8 Å². The molecule has 0 rings (SSSR count). The van der Waals surface area contributed by atoms with Crippen LogP contribution in [0.25, 0.3) is 0 Å². The maximum absolute atomic E-state index is 12.4. The molecule has 0 aromatic carbocycles. The number of unbranched alkanes of at least 4 members (excludes halogenated alkanes) is 33. The summed E-state index contributed by atoms with van der Waals surface area (Å²) in [6, 6.07) is -0.636. The fourth-order valence-corrected chi connectivity index (χ4v) is 8.35. The number of rotatable bonds is 52. The van der Waals surface area contributed by atoms with Gasteiger partial charge in [0.05, 0.1) is 25.4 Å². The van der Waals surface area contributed by atoms with Crippen LogP contribution in [0, 0.1) is 0 Å². The second-order valence-corrected chi connectivity index (χ2v) is 19.3. The number of carbonyl (C=O) groups is 2. The molecule has 66 heavy (non-hydrogen) atoms. The van der Waals surface area contributed by atoms with Crippen molar-refractivity contribution in [2.24, 2.45) is 0 Å². The van der Waals surface area contributed by atoms with Gasteiger partial charge in [-0.3, -0.25) is 9.59 Å². The Balaban J connectivity index is 3.49. The quantitative estimate of drug-likeness (QED) is 0.0321. The smallest absolute Gasteiger partial charge is 0.305 e. The van der Waals surface area contributed by atoms with Gasteiger partial charge in [-0.05, 0) is 89.9 Å². The van der Waals surface area contributed by atoms with Crippen molar-refractivity contribution in [1.82, 2.24) is 5.32 Å². The first-order valence-corrected chi connectivity index (χ1v) is 28.6. The molecule has 384 valence electrons. The van der Waals surface area contributed by atoms with Crippen LogP contribution in [0.5, 0.6) is 0 Å². The van der Waals surface area contributed by atoms with E-state index in [0.29, 0.717) is 19.4 Å². The highest BCUT2D eigenvalue weighted by Crippen LogP contribution is 2.15. The Morgan fingerprint density at radius 3 is 1.21 bits per heavy atom. The average molecular weight is 925 g/mol. The fraction of sp³-hybridized carbons (Fsp3) is 0.800. The van der Waals surface area contributed by atoms with Gasteiger partial charge in [0.25, 0.3) is 0 Å². The van der Waals surface area contributed by atoms with E-state index in [1.807, 2.05) is 6.08 Å². The maximum atomic E-state index is 12.4. The van der Waals surface area contributed by atoms with Gasteiger partial charge in [0.2, 0.25) is 5.91 Å². The minimum Gasteiger partial charge on any atom is -0.466 e. The van der Waals surface area contributed by atoms with E-state index in [0.717, 1.165) is 70.6 Å². The van der Waals surface area contributed by atoms with Crippen LogP contribution in [0.2, 0.25) is 0 Å². The van der Waals surface area contributed by atoms with Crippen molar-refractivity contribution in [2.75, 3.05) is 13.2 Å². The summed E-state index contributed by atoms with van der Waals surface area (Å²) in [5, 5.41) is 23.0. The molecule has 2 unspecified atom stereocenters. The van der Waals surface area contributed by atoms with Crippen molar-refractivity contribution >= 4 is 11.9 Å². The van der Waals surface area contributed by atoms with E-state index in [-0.39, 0.29) is 18.5 Å². The van der Waals surface area contributed by atoms with Gasteiger partial charge in [0.1, 0.15) is 0 Å². The van der Waals surface area contributed by atoms with Gasteiger partial charge < -0.3 is 20.3 Å². The average Bonchev–Trinajstić information content (AvgIpc) is 3.32. The first kappa shape index (κ1) is 63.6. The maximum Gasteiger partial charge on any atom is 0.305 e. The van der Waals surface area contributed by atoms with Crippen molar-refractivity contribution in [3.63, 3.8) is 0 Å². The molecule has 0 spiro atoms. The van der Waals surface area contributed by atoms with E-state index in [9.17, 15) is 19.8 Å². The molecule has 0 saturated carbocycles. The highest BCUT2D eigenvalue weighted by molar-refractivity contribution is 5.76. The summed E-state index contributed by atoms with van der Waals surface area (Å²) in [7, 11) is 0. The molecule has 0 saturated heterocycles. The fourth-order valence-electron chi connectivity index (χ4n) is 8.35. The zero-order chi connectivity index (χ0) is 47.9. The Bertz CT molecular complexity index is 1160. The molecule has 0 fully saturated rings. The van der Waals surface area contributed by atoms with Crippen molar-refractivity contribution in [3.8, 4) is 0 Å². The Labute approximate surface area is 409 Å². The topological polar surface area (TPSA) is 95.9 Å². The summed E-state index contributed by atoms with van der Waals surface area (Å²) in [5.41, 5.74) is 0. The van der Waals surface area contributed by atoms with E-state index in [2.05, 4.69) is 67.8 Å². The third-order valence-corrected chi connectivity index (χ3v) is 12.7. The number of aliphatic hydroxyl groups excluding tert-OH is 2. The van der Waals surface area contributed by atoms with Gasteiger partial charge in [0.15, 0.2) is 0 Å². The van der Waals surface area contributed by atoms with Gasteiger partial charge in [-0.25, -0.2) is 0 Å². The number of hydrogen-bond acceptors (Lipinski definition) is 5. The van der Waals surface area contributed by atoms with Gasteiger partial charge in [-0.15, -0.1) is 0 Å². The van der Waals surface area contributed by atoms with Crippen LogP contribution < -0.4 is 5.32 Å². The first-order chi connectivity index (χ1) is 32.5. The van der Waals surface area contributed by atoms with Crippen LogP contribution in [0.4, 0.5) is 0 Å². The van der Waals surface area contributed by atoms with E-state index < -0.39 is 12.1 Å². The number of amides is 1. The monoisotopic (exact) mass is 924 g/mol. The molecule has 6 heteroatoms. The zero-order valence-corrected chi connectivity index (χ0v) is 43.7. The molecule has 0 aliphatic carbocycles. The lowest BCUT2D eigenvalue weighted by Gasteiger charge is -2.20. The van der Waals surface area contributed by atoms with E-state index in [1.54, 1.807) is 6.08 Å². The molecule has 0 aromatic heterocycles. The number of esters is 1. The number of allylic oxidation sites excluding steroid dienone is 9. The molecule has 0 aliphatic heterocycles. The predicted molar refractivity (Wildman–Crippen MR) is 287 cm³/mol. The lowest BCUT2D eigenvalue weighted by atomic mass is 10.0. The van der Waals surface area contributed by atoms with Crippen molar-refractivity contribution < 1.29 is 24.5 Å². The van der Waals surface area contributed by atoms with Crippen LogP contribution in [-0.2, 0) is 14.3 Å². The van der Waals surface area contributed by atoms with Gasteiger partial charge >= 0.3 is 5.97 Å². The predicted octanol–water partition coefficient (Wildman–Crippen LogP) is 17.6. The molecule has 0 aromatic rings. The van der Waals surface area contributed by atoms with Crippen molar-refractivity contribution in [2.45, 2.75) is 296 Å². The summed E-state index contributed by atoms with van der Waals surface area (Å²) in [5.74, 6) is -0.0898. The molecule has 6 nitrogen and oxygen atoms in total. The van der Waals surface area contributed by atoms with Crippen LogP contribution in [0.1, 0.15) is 284 Å². The minimum atomic E-state index is -0.851. The number of aliphatic hydroxyl groups is 2. The SMILES string of the molecule is CCC/C=C\C/C=C\CCCCCCCC(=O)OCCCCCCCCCCC/C=C\C/C=C\CCCCCCCCCC(=O)NC(CO)C(O)/C=C/CCCCCCCCCCCCC. The molecule has 0 heterocycles. The van der Waals surface area contributed by atoms with E-state index in [1.165, 1.54) is 186 Å². The Hall–Kier alpha value is -2.44. The van der Waals surface area contributed by atoms with Crippen LogP contribution >= 0.6 is 0 Å². The van der Waals surface area contributed by atoms with Gasteiger partial charge in [-0.1, -0.05) is 242 Å². The zero-order valence-electron chi connectivity index (χ0n) is 43.7. The second kappa shape index (κ2) is 55.2. The standard InChI is InChI=1S/C60H109NO5/c1-3-5-7-9-11-13-15-28-32-36-40-44-48-52-58(63)57(56-62)61-59(64)53-49-45-41-37-33-30-26-24-22-20-18-17-19-21-23-25-27-31-35-39-43-47-51-55-66-60(65)54-50-46-42-38-34-29-16-14-12-10-8-6-4-2/h8,10,14,16-17,19-20,22,48,52,57-58,62-63H,3-7,9,11-13,15,18,21,23-47,49-51,53-56H2,1-2H3,(H,61,64)/b10-8-,16-14-,19-17-,22-20-,52-48+. The summed E-state index contributed by atoms with van der Waals surface area (Å²) in [6.07, 6.45) is 71.0. The molecule has 3 N–H and O–H groups in total. The molecule has 0 radical (unpaired) electrons. The third-order valence-electron chi connectivity index (χ3n) is 12.7. The lowest BCUT2D eigenvalue weighted by molar-refractivity contribution is -0.143. The summed E-state index contributed by atoms with van der Waals surface area (Å²) >= 11 is 0. The third kappa shape index (κ3) is 51.0. The van der Waals surface area contributed by atoms with Crippen LogP contribution in [0.3, 0.4) is 0 Å². The summed E-state index contributed by atoms with van der Waals surface area (Å²) in [4.78, 5) is 24.4. The first-order valence-electron chi connectivity index (χ1n) is 28.6. The van der Waals surface area contributed by atoms with Crippen LogP contribution in [0.15, 0.2) is 60.8 Å². The van der Waals surface area contributed by atoms with E-state index in [4.69, 9.17) is 4.74 Å². The highest BCUT2D eigenvalue weighted by Gasteiger charge is 2.18. The van der Waals surface area contributed by atoms with Crippen molar-refractivity contribution in [1.29, 1.82) is 0 Å². The Morgan fingerprint density at radius 1 is 0.424 bits per heavy atom. The number of carbonyl (C=O) groups excluding carboxylic acids is 2. The normalized spacial score (nSPS) is 13.1. The van der Waals surface area contributed by atoms with Crippen LogP contribution in [-0.4, -0.2) is 47.4 Å². The molecule has 0 bridgehead atoms. The number of hydrogen-bond donors (Lipinski definition) is 3. The van der Waals surface area contributed by atoms with Gasteiger partial charge in [-0.2, -0.15) is 0 Å². The summed E-state index contributed by atoms with van der Waals surface area (Å²) < 4.78 is 5.46. The minimum absolute atomic E-state index is 0.00983. The van der Waals surface area contributed by atoms with E-state index >= 15 is 0 Å². The molecule has 0 aliphatic rings. The molecular weight excluding hydrogens is 815 g/mol. The Kier molecular flexibility index (Phi) is 53.1. The second-order valence-electron chi connectivity index (χ2n) is 19.3. The number of nitrogens with one attached hydrogen (secondary N) is 1. The highest BCUT2D eigenvalue weighted by atomic mass is 16.5. The molecule has 1 amide bonds. The Morgan fingerprint density at radius 2 is 0.788 bits per heavy atom. The summed E-state index contributed by atoms with van der Waals surface area (Å²) in [6.45, 7) is 4.81.